The summed E-state index contributed by atoms with van der Waals surface area (Å²) in [6, 6.07) is 7.09. The zero-order valence-electron chi connectivity index (χ0n) is 10.2. The Morgan fingerprint density at radius 3 is 2.35 bits per heavy atom. The van der Waals surface area contributed by atoms with Gasteiger partial charge in [0.1, 0.15) is 5.54 Å². The molecule has 0 aliphatic carbocycles. The second kappa shape index (κ2) is 5.92. The van der Waals surface area contributed by atoms with Crippen molar-refractivity contribution in [1.29, 1.82) is 0 Å². The van der Waals surface area contributed by atoms with Crippen LogP contribution in [-0.2, 0) is 4.79 Å². The van der Waals surface area contributed by atoms with Gasteiger partial charge in [0.15, 0.2) is 0 Å². The molecule has 0 saturated heterocycles. The molecule has 0 aromatic heterocycles. The van der Waals surface area contributed by atoms with Crippen molar-refractivity contribution in [2.24, 2.45) is 0 Å². The lowest BCUT2D eigenvalue weighted by Gasteiger charge is -2.30. The Bertz CT molecular complexity index is 378. The summed E-state index contributed by atoms with van der Waals surface area (Å²) >= 11 is 5.80. The minimum atomic E-state index is -0.886. The summed E-state index contributed by atoms with van der Waals surface area (Å²) in [6.07, 6.45) is 1.96. The summed E-state index contributed by atoms with van der Waals surface area (Å²) in [5.41, 5.74) is -0.102. The van der Waals surface area contributed by atoms with Crippen molar-refractivity contribution in [1.82, 2.24) is 0 Å². The maximum atomic E-state index is 11.4. The number of hydrogen-bond acceptors (Lipinski definition) is 2. The average molecular weight is 256 g/mol. The molecule has 0 bridgehead atoms. The molecule has 1 aromatic rings. The van der Waals surface area contributed by atoms with Crippen LogP contribution in [0.15, 0.2) is 24.3 Å². The van der Waals surface area contributed by atoms with E-state index < -0.39 is 11.5 Å². The molecule has 0 heterocycles. The first kappa shape index (κ1) is 13.8. The summed E-state index contributed by atoms with van der Waals surface area (Å²) in [5.74, 6) is -0.809. The predicted molar refractivity (Wildman–Crippen MR) is 70.6 cm³/mol. The molecule has 1 unspecified atom stereocenters. The highest BCUT2D eigenvalue weighted by Crippen LogP contribution is 2.25. The molecule has 17 heavy (non-hydrogen) atoms. The Morgan fingerprint density at radius 2 is 1.94 bits per heavy atom. The van der Waals surface area contributed by atoms with Gasteiger partial charge >= 0.3 is 5.97 Å². The van der Waals surface area contributed by atoms with Gasteiger partial charge in [-0.3, -0.25) is 0 Å². The lowest BCUT2D eigenvalue weighted by Crippen LogP contribution is -2.45. The Kier molecular flexibility index (Phi) is 4.82. The zero-order chi connectivity index (χ0) is 12.9. The second-order valence-electron chi connectivity index (χ2n) is 4.12. The van der Waals surface area contributed by atoms with Crippen molar-refractivity contribution in [3.8, 4) is 0 Å². The topological polar surface area (TPSA) is 49.3 Å². The zero-order valence-corrected chi connectivity index (χ0v) is 10.9. The van der Waals surface area contributed by atoms with E-state index in [0.29, 0.717) is 17.9 Å². The first-order chi connectivity index (χ1) is 8.04. The largest absolute Gasteiger partial charge is 0.480 e. The number of halogens is 1. The fourth-order valence-corrected chi connectivity index (χ4v) is 2.00. The maximum Gasteiger partial charge on any atom is 0.329 e. The van der Waals surface area contributed by atoms with Gasteiger partial charge < -0.3 is 10.4 Å². The number of aliphatic carboxylic acids is 1. The van der Waals surface area contributed by atoms with Crippen molar-refractivity contribution < 1.29 is 9.90 Å². The standard InChI is InChI=1S/C13H18ClNO2/c1-3-9-13(4-2,12(16)17)15-11-7-5-10(14)6-8-11/h5-8,15H,3-4,9H2,1-2H3,(H,16,17). The van der Waals surface area contributed by atoms with Gasteiger partial charge in [0.05, 0.1) is 0 Å². The monoisotopic (exact) mass is 255 g/mol. The van der Waals surface area contributed by atoms with E-state index in [2.05, 4.69) is 5.32 Å². The van der Waals surface area contributed by atoms with Crippen molar-refractivity contribution in [2.75, 3.05) is 5.32 Å². The van der Waals surface area contributed by atoms with Gasteiger partial charge in [-0.2, -0.15) is 0 Å². The highest BCUT2D eigenvalue weighted by atomic mass is 35.5. The van der Waals surface area contributed by atoms with Crippen LogP contribution in [0.5, 0.6) is 0 Å². The van der Waals surface area contributed by atoms with Crippen molar-refractivity contribution in [2.45, 2.75) is 38.6 Å². The molecule has 0 aliphatic rings. The number of carboxylic acids is 1. The fourth-order valence-electron chi connectivity index (χ4n) is 1.88. The van der Waals surface area contributed by atoms with E-state index in [-0.39, 0.29) is 0 Å². The summed E-state index contributed by atoms with van der Waals surface area (Å²) in [6.45, 7) is 3.86. The van der Waals surface area contributed by atoms with E-state index in [1.54, 1.807) is 24.3 Å². The SMILES string of the molecule is CCCC(CC)(Nc1ccc(Cl)cc1)C(=O)O. The molecule has 0 amide bonds. The number of carboxylic acid groups (broad SMARTS) is 1. The summed E-state index contributed by atoms with van der Waals surface area (Å²) in [5, 5.41) is 13.1. The highest BCUT2D eigenvalue weighted by molar-refractivity contribution is 6.30. The molecule has 0 saturated carbocycles. The number of benzene rings is 1. The molecule has 0 spiro atoms. The number of nitrogens with one attached hydrogen (secondary N) is 1. The quantitative estimate of drug-likeness (QED) is 0.813. The molecule has 94 valence electrons. The van der Waals surface area contributed by atoms with Gasteiger partial charge in [-0.1, -0.05) is 31.9 Å². The van der Waals surface area contributed by atoms with Crippen LogP contribution in [0.4, 0.5) is 5.69 Å². The van der Waals surface area contributed by atoms with Gasteiger partial charge in [0.25, 0.3) is 0 Å². The maximum absolute atomic E-state index is 11.4. The third-order valence-electron chi connectivity index (χ3n) is 2.92. The van der Waals surface area contributed by atoms with Crippen LogP contribution in [0.2, 0.25) is 5.02 Å². The van der Waals surface area contributed by atoms with Gasteiger partial charge in [0.2, 0.25) is 0 Å². The van der Waals surface area contributed by atoms with E-state index in [4.69, 9.17) is 11.6 Å². The van der Waals surface area contributed by atoms with E-state index in [0.717, 1.165) is 12.1 Å². The molecule has 2 N–H and O–H groups in total. The van der Waals surface area contributed by atoms with Crippen molar-refractivity contribution in [3.63, 3.8) is 0 Å². The third-order valence-corrected chi connectivity index (χ3v) is 3.17. The van der Waals surface area contributed by atoms with Gasteiger partial charge in [-0.05, 0) is 37.1 Å². The van der Waals surface area contributed by atoms with Crippen LogP contribution in [0, 0.1) is 0 Å². The van der Waals surface area contributed by atoms with Crippen LogP contribution in [0.25, 0.3) is 0 Å². The van der Waals surface area contributed by atoms with Crippen LogP contribution < -0.4 is 5.32 Å². The van der Waals surface area contributed by atoms with Gasteiger partial charge in [-0.15, -0.1) is 0 Å². The number of carbonyl (C=O) groups is 1. The smallest absolute Gasteiger partial charge is 0.329 e. The molecule has 1 atom stereocenters. The van der Waals surface area contributed by atoms with Crippen LogP contribution in [-0.4, -0.2) is 16.6 Å². The number of rotatable bonds is 6. The molecule has 3 nitrogen and oxygen atoms in total. The van der Waals surface area contributed by atoms with E-state index in [9.17, 15) is 9.90 Å². The number of anilines is 1. The fraction of sp³-hybridized carbons (Fsp3) is 0.462. The third kappa shape index (κ3) is 3.37. The summed E-state index contributed by atoms with van der Waals surface area (Å²) < 4.78 is 0. The van der Waals surface area contributed by atoms with E-state index >= 15 is 0 Å². The molecule has 0 radical (unpaired) electrons. The Hall–Kier alpha value is -1.22. The molecule has 1 rings (SSSR count). The Balaban J connectivity index is 2.92. The summed E-state index contributed by atoms with van der Waals surface area (Å²) in [4.78, 5) is 11.4. The number of hydrogen-bond donors (Lipinski definition) is 2. The molecule has 0 aliphatic heterocycles. The first-order valence-corrected chi connectivity index (χ1v) is 6.19. The van der Waals surface area contributed by atoms with Crippen molar-refractivity contribution >= 4 is 23.3 Å². The van der Waals surface area contributed by atoms with E-state index in [1.807, 2.05) is 13.8 Å². The minimum absolute atomic E-state index is 0.540. The second-order valence-corrected chi connectivity index (χ2v) is 4.56. The average Bonchev–Trinajstić information content (AvgIpc) is 2.31. The normalized spacial score (nSPS) is 14.1. The molecule has 4 heteroatoms. The van der Waals surface area contributed by atoms with Crippen LogP contribution in [0.3, 0.4) is 0 Å². The minimum Gasteiger partial charge on any atom is -0.480 e. The van der Waals surface area contributed by atoms with Gasteiger partial charge in [0, 0.05) is 10.7 Å². The van der Waals surface area contributed by atoms with Crippen LogP contribution >= 0.6 is 11.6 Å². The highest BCUT2D eigenvalue weighted by Gasteiger charge is 2.35. The molecule has 1 aromatic carbocycles. The predicted octanol–water partition coefficient (Wildman–Crippen LogP) is 3.79. The summed E-state index contributed by atoms with van der Waals surface area (Å²) in [7, 11) is 0. The Labute approximate surface area is 107 Å². The molecular weight excluding hydrogens is 238 g/mol. The Morgan fingerprint density at radius 1 is 1.35 bits per heavy atom. The molecular formula is C13H18ClNO2. The van der Waals surface area contributed by atoms with Crippen molar-refractivity contribution in [3.05, 3.63) is 29.3 Å². The first-order valence-electron chi connectivity index (χ1n) is 5.81. The lowest BCUT2D eigenvalue weighted by atomic mass is 9.90. The van der Waals surface area contributed by atoms with Gasteiger partial charge in [-0.25, -0.2) is 4.79 Å². The van der Waals surface area contributed by atoms with Crippen LogP contribution in [0.1, 0.15) is 33.1 Å². The molecule has 0 fully saturated rings. The lowest BCUT2D eigenvalue weighted by molar-refractivity contribution is -0.142. The van der Waals surface area contributed by atoms with E-state index in [1.165, 1.54) is 0 Å².